The predicted molar refractivity (Wildman–Crippen MR) is 150 cm³/mol. The van der Waals surface area contributed by atoms with Crippen molar-refractivity contribution in [2.45, 2.75) is 6.18 Å². The molecular formula is C25H28F4N10OS. The van der Waals surface area contributed by atoms with Crippen molar-refractivity contribution in [1.82, 2.24) is 33.7 Å². The van der Waals surface area contributed by atoms with Crippen LogP contribution in [0.4, 0.5) is 34.4 Å². The second kappa shape index (κ2) is 13.2. The largest absolute Gasteiger partial charge is 0.433 e. The van der Waals surface area contributed by atoms with Gasteiger partial charge < -0.3 is 21.3 Å². The van der Waals surface area contributed by atoms with Gasteiger partial charge in [-0.05, 0) is 38.4 Å². The second-order valence-electron chi connectivity index (χ2n) is 8.93. The van der Waals surface area contributed by atoms with Gasteiger partial charge in [-0.1, -0.05) is 6.07 Å². The molecule has 1 fully saturated rings. The number of aromatic nitrogens is 5. The van der Waals surface area contributed by atoms with Gasteiger partial charge in [-0.25, -0.2) is 23.9 Å². The van der Waals surface area contributed by atoms with Crippen molar-refractivity contribution in [2.75, 3.05) is 57.5 Å². The zero-order chi connectivity index (χ0) is 29.6. The smallest absolute Gasteiger partial charge is 0.339 e. The van der Waals surface area contributed by atoms with Crippen LogP contribution in [0.15, 0.2) is 48.8 Å². The molecule has 0 aromatic carbocycles. The maximum absolute atomic E-state index is 13.5. The first-order chi connectivity index (χ1) is 19.7. The third-order valence-corrected chi connectivity index (χ3v) is 6.55. The first-order valence-corrected chi connectivity index (χ1v) is 13.1. The summed E-state index contributed by atoms with van der Waals surface area (Å²) in [4.78, 5) is 33.3. The van der Waals surface area contributed by atoms with Crippen LogP contribution in [-0.4, -0.2) is 86.4 Å². The maximum Gasteiger partial charge on any atom is 0.433 e. The Labute approximate surface area is 237 Å². The van der Waals surface area contributed by atoms with E-state index in [2.05, 4.69) is 46.1 Å². The number of carbonyl (C=O) groups is 1. The van der Waals surface area contributed by atoms with Crippen molar-refractivity contribution >= 4 is 46.6 Å². The maximum atomic E-state index is 13.5. The number of likely N-dealkylation sites (N-methyl/N-ethyl adjacent to an activating group) is 1. The van der Waals surface area contributed by atoms with Crippen LogP contribution in [0, 0.1) is 0 Å². The van der Waals surface area contributed by atoms with Gasteiger partial charge in [0.1, 0.15) is 23.0 Å². The Balaban J connectivity index is 0.00000189. The number of hydrogen-bond acceptors (Lipinski definition) is 10. The number of halogens is 4. The van der Waals surface area contributed by atoms with Crippen LogP contribution in [0.3, 0.4) is 0 Å². The van der Waals surface area contributed by atoms with Gasteiger partial charge in [0.05, 0.1) is 11.9 Å². The van der Waals surface area contributed by atoms with Gasteiger partial charge in [-0.15, -0.1) is 3.89 Å². The highest BCUT2D eigenvalue weighted by molar-refractivity contribution is 7.92. The minimum atomic E-state index is -4.65. The molecule has 1 aliphatic heterocycles. The molecule has 0 bridgehead atoms. The lowest BCUT2D eigenvalue weighted by molar-refractivity contribution is -0.141. The molecule has 0 aliphatic carbocycles. The van der Waals surface area contributed by atoms with E-state index in [1.54, 1.807) is 18.2 Å². The minimum absolute atomic E-state index is 0.111. The molecule has 0 radical (unpaired) electrons. The van der Waals surface area contributed by atoms with Crippen LogP contribution in [0.1, 0.15) is 5.69 Å². The Morgan fingerprint density at radius 3 is 2.54 bits per heavy atom. The van der Waals surface area contributed by atoms with Gasteiger partial charge in [0.25, 0.3) is 0 Å². The number of carbonyl (C=O) groups excluding carboxylic acids is 1. The number of pyridine rings is 2. The van der Waals surface area contributed by atoms with Gasteiger partial charge in [-0.2, -0.15) is 13.2 Å². The Morgan fingerprint density at radius 2 is 1.83 bits per heavy atom. The van der Waals surface area contributed by atoms with Gasteiger partial charge in [0.15, 0.2) is 23.8 Å². The topological polar surface area (TPSA) is 130 Å². The molecule has 1 saturated heterocycles. The molecule has 0 saturated carbocycles. The number of anilines is 3. The molecule has 4 aromatic heterocycles. The molecule has 11 nitrogen and oxygen atoms in total. The molecule has 4 aromatic rings. The van der Waals surface area contributed by atoms with Crippen LogP contribution in [0.25, 0.3) is 22.6 Å². The summed E-state index contributed by atoms with van der Waals surface area (Å²) >= 11 is -0.111. The lowest BCUT2D eigenvalue weighted by Crippen LogP contribution is -2.47. The number of nitrogens with one attached hydrogen (secondary N) is 2. The predicted octanol–water partition coefficient (Wildman–Crippen LogP) is 3.79. The molecule has 1 aliphatic rings. The summed E-state index contributed by atoms with van der Waals surface area (Å²) in [5.74, 6) is 0.187. The van der Waals surface area contributed by atoms with Crippen molar-refractivity contribution in [3.8, 4) is 11.5 Å². The van der Waals surface area contributed by atoms with E-state index >= 15 is 0 Å². The van der Waals surface area contributed by atoms with Crippen molar-refractivity contribution in [3.63, 3.8) is 0 Å². The average Bonchev–Trinajstić information content (AvgIpc) is 3.39. The third kappa shape index (κ3) is 7.46. The van der Waals surface area contributed by atoms with E-state index in [1.807, 2.05) is 7.05 Å². The Bertz CT molecular complexity index is 1490. The van der Waals surface area contributed by atoms with Crippen LogP contribution in [0.5, 0.6) is 0 Å². The Hall–Kier alpha value is -3.86. The fourth-order valence-electron chi connectivity index (χ4n) is 4.08. The van der Waals surface area contributed by atoms with Crippen LogP contribution < -0.4 is 16.4 Å². The van der Waals surface area contributed by atoms with Gasteiger partial charge in [0.2, 0.25) is 5.91 Å². The van der Waals surface area contributed by atoms with E-state index in [-0.39, 0.29) is 47.8 Å². The molecule has 0 atom stereocenters. The summed E-state index contributed by atoms with van der Waals surface area (Å²) in [6.07, 6.45) is -1.74. The van der Waals surface area contributed by atoms with E-state index in [1.165, 1.54) is 31.6 Å². The number of nitrogens with zero attached hydrogens (tertiary/aromatic N) is 7. The summed E-state index contributed by atoms with van der Waals surface area (Å²) in [6.45, 7) is 3.60. The molecule has 218 valence electrons. The number of nitrogens with two attached hydrogens (primary N) is 1. The molecule has 4 N–H and O–H groups in total. The van der Waals surface area contributed by atoms with Crippen molar-refractivity contribution in [2.24, 2.45) is 5.73 Å². The summed E-state index contributed by atoms with van der Waals surface area (Å²) in [7, 11) is 3.54. The average molecular weight is 593 g/mol. The molecule has 5 heterocycles. The van der Waals surface area contributed by atoms with Crippen molar-refractivity contribution < 1.29 is 21.9 Å². The lowest BCUT2D eigenvalue weighted by atomic mass is 10.2. The van der Waals surface area contributed by atoms with Gasteiger partial charge in [-0.3, -0.25) is 9.69 Å². The van der Waals surface area contributed by atoms with Gasteiger partial charge in [0, 0.05) is 50.3 Å². The number of alkyl halides is 3. The van der Waals surface area contributed by atoms with E-state index < -0.39 is 11.9 Å². The summed E-state index contributed by atoms with van der Waals surface area (Å²) in [5.41, 5.74) is 3.91. The highest BCUT2D eigenvalue weighted by Gasteiger charge is 2.32. The third-order valence-electron chi connectivity index (χ3n) is 6.11. The fraction of sp³-hybridized carbons (Fsp3) is 0.320. The highest BCUT2D eigenvalue weighted by atomic mass is 32.2. The number of rotatable bonds is 7. The molecule has 0 spiro atoms. The Morgan fingerprint density at radius 1 is 1.07 bits per heavy atom. The first-order valence-electron chi connectivity index (χ1n) is 12.4. The molecular weight excluding hydrogens is 564 g/mol. The highest BCUT2D eigenvalue weighted by Crippen LogP contribution is 2.32. The molecule has 41 heavy (non-hydrogen) atoms. The van der Waals surface area contributed by atoms with Gasteiger partial charge >= 0.3 is 6.18 Å². The van der Waals surface area contributed by atoms with E-state index in [9.17, 15) is 21.9 Å². The molecule has 16 heteroatoms. The lowest BCUT2D eigenvalue weighted by Gasteiger charge is -2.31. The monoisotopic (exact) mass is 592 g/mol. The standard InChI is InChI=1S/C24H23F4N9OS.CH5N/c1-35-9-11-36(12-10-35)14-20(38)32-19-13-15(5-7-29-19)30-21-16-6-8-37(39-28)23(16)34-22(33-21)17-3-2-4-18(31-17)24(25,26)27;1-2/h2-8,13H,9-12,14H2,1H3,(H2,29,30,32,33,34,38);2H2,1H3. The van der Waals surface area contributed by atoms with E-state index in [4.69, 9.17) is 0 Å². The first kappa shape index (κ1) is 30.1. The van der Waals surface area contributed by atoms with E-state index in [0.717, 1.165) is 36.2 Å². The Kier molecular flexibility index (Phi) is 9.69. The van der Waals surface area contributed by atoms with Crippen LogP contribution in [0.2, 0.25) is 0 Å². The van der Waals surface area contributed by atoms with E-state index in [0.29, 0.717) is 16.9 Å². The summed E-state index contributed by atoms with van der Waals surface area (Å²) in [5, 5.41) is 6.29. The number of hydrogen-bond donors (Lipinski definition) is 3. The van der Waals surface area contributed by atoms with Crippen molar-refractivity contribution in [1.29, 1.82) is 0 Å². The summed E-state index contributed by atoms with van der Waals surface area (Å²) < 4.78 is 54.4. The normalized spacial score (nSPS) is 14.4. The number of amides is 1. The van der Waals surface area contributed by atoms with Crippen LogP contribution >= 0.6 is 12.3 Å². The number of piperazine rings is 1. The zero-order valence-electron chi connectivity index (χ0n) is 22.2. The zero-order valence-corrected chi connectivity index (χ0v) is 23.0. The quantitative estimate of drug-likeness (QED) is 0.273. The van der Waals surface area contributed by atoms with Crippen molar-refractivity contribution in [3.05, 3.63) is 54.5 Å². The molecule has 1 amide bonds. The SMILES string of the molecule is CN.CN1CCN(CC(=O)Nc2cc(Nc3nc(-c4cccc(C(F)(F)F)n4)nc4c3ccn4SF)ccn2)CC1. The summed E-state index contributed by atoms with van der Waals surface area (Å²) in [6, 6.07) is 8.20. The second-order valence-corrected chi connectivity index (χ2v) is 9.46. The van der Waals surface area contributed by atoms with Crippen LogP contribution in [-0.2, 0) is 11.0 Å². The fourth-order valence-corrected chi connectivity index (χ4v) is 4.39. The molecule has 0 unspecified atom stereocenters. The molecule has 5 rings (SSSR count). The minimum Gasteiger partial charge on any atom is -0.339 e. The number of fused-ring (bicyclic) bond motifs is 1.